The Morgan fingerprint density at radius 3 is 2.42 bits per heavy atom. The van der Waals surface area contributed by atoms with Crippen molar-refractivity contribution in [2.24, 2.45) is 0 Å². The summed E-state index contributed by atoms with van der Waals surface area (Å²) >= 11 is 0. The summed E-state index contributed by atoms with van der Waals surface area (Å²) in [5.41, 5.74) is 1.28. The maximum Gasteiger partial charge on any atom is 0.158 e. The van der Waals surface area contributed by atoms with Crippen LogP contribution in [0.1, 0.15) is 38.2 Å². The van der Waals surface area contributed by atoms with Crippen LogP contribution < -0.4 is 0 Å². The van der Waals surface area contributed by atoms with Crippen LogP contribution in [-0.4, -0.2) is 29.5 Å². The Morgan fingerprint density at radius 1 is 1.21 bits per heavy atom. The lowest BCUT2D eigenvalue weighted by molar-refractivity contribution is -0.178. The van der Waals surface area contributed by atoms with Gasteiger partial charge in [-0.3, -0.25) is 4.21 Å². The second-order valence-corrected chi connectivity index (χ2v) is 6.66. The molecule has 2 rings (SSSR count). The first-order valence-electron chi connectivity index (χ1n) is 6.88. The lowest BCUT2D eigenvalue weighted by Crippen LogP contribution is -2.26. The molecule has 0 aliphatic carbocycles. The van der Waals surface area contributed by atoms with Crippen molar-refractivity contribution in [3.8, 4) is 0 Å². The minimum atomic E-state index is -0.967. The lowest BCUT2D eigenvalue weighted by Gasteiger charge is -2.22. The van der Waals surface area contributed by atoms with Gasteiger partial charge in [0.2, 0.25) is 0 Å². The highest BCUT2D eigenvalue weighted by Crippen LogP contribution is 2.17. The largest absolute Gasteiger partial charge is 0.353 e. The van der Waals surface area contributed by atoms with Crippen LogP contribution in [0.4, 0.5) is 0 Å². The van der Waals surface area contributed by atoms with Gasteiger partial charge in [-0.2, -0.15) is 0 Å². The summed E-state index contributed by atoms with van der Waals surface area (Å²) in [6.07, 6.45) is 1.47. The highest BCUT2D eigenvalue weighted by Gasteiger charge is 2.15. The van der Waals surface area contributed by atoms with Gasteiger partial charge >= 0.3 is 0 Å². The van der Waals surface area contributed by atoms with E-state index in [1.165, 1.54) is 5.56 Å². The standard InChI is InChI=1S/C15H22O3S/c1-12(2)13-4-6-14(7-5-13)19(16)11-8-15-17-9-3-10-18-15/h4-7,12,15H,3,8-11H2,1-2H3. The molecule has 1 unspecified atom stereocenters. The van der Waals surface area contributed by atoms with Crippen molar-refractivity contribution in [3.05, 3.63) is 29.8 Å². The molecule has 1 heterocycles. The van der Waals surface area contributed by atoms with Gasteiger partial charge in [-0.05, 0) is 30.0 Å². The van der Waals surface area contributed by atoms with E-state index in [1.807, 2.05) is 12.1 Å². The third-order valence-electron chi connectivity index (χ3n) is 3.24. The zero-order valence-electron chi connectivity index (χ0n) is 11.6. The quantitative estimate of drug-likeness (QED) is 0.832. The zero-order valence-corrected chi connectivity index (χ0v) is 12.4. The molecule has 0 aromatic heterocycles. The van der Waals surface area contributed by atoms with Gasteiger partial charge in [-0.25, -0.2) is 0 Å². The second-order valence-electron chi connectivity index (χ2n) is 5.09. The Hall–Kier alpha value is -0.710. The molecule has 1 fully saturated rings. The van der Waals surface area contributed by atoms with Crippen LogP contribution in [0.25, 0.3) is 0 Å². The number of benzene rings is 1. The molecule has 106 valence electrons. The fraction of sp³-hybridized carbons (Fsp3) is 0.600. The van der Waals surface area contributed by atoms with Gasteiger partial charge in [0.05, 0.1) is 24.0 Å². The van der Waals surface area contributed by atoms with Crippen molar-refractivity contribution in [1.29, 1.82) is 0 Å². The Kier molecular flexibility index (Phi) is 5.55. The molecule has 3 nitrogen and oxygen atoms in total. The molecule has 0 bridgehead atoms. The first-order chi connectivity index (χ1) is 9.16. The molecular weight excluding hydrogens is 260 g/mol. The molecule has 4 heteroatoms. The molecule has 1 aliphatic heterocycles. The van der Waals surface area contributed by atoms with Gasteiger partial charge in [0.25, 0.3) is 0 Å². The number of hydrogen-bond donors (Lipinski definition) is 0. The van der Waals surface area contributed by atoms with Crippen LogP contribution >= 0.6 is 0 Å². The summed E-state index contributed by atoms with van der Waals surface area (Å²) in [6.45, 7) is 5.81. The summed E-state index contributed by atoms with van der Waals surface area (Å²) in [4.78, 5) is 0.889. The summed E-state index contributed by atoms with van der Waals surface area (Å²) < 4.78 is 23.1. The highest BCUT2D eigenvalue weighted by atomic mass is 32.2. The van der Waals surface area contributed by atoms with Crippen molar-refractivity contribution in [1.82, 2.24) is 0 Å². The SMILES string of the molecule is CC(C)c1ccc(S(=O)CCC2OCCCO2)cc1. The first-order valence-corrected chi connectivity index (χ1v) is 8.20. The van der Waals surface area contributed by atoms with Gasteiger partial charge in [0.15, 0.2) is 6.29 Å². The van der Waals surface area contributed by atoms with E-state index in [2.05, 4.69) is 26.0 Å². The second kappa shape index (κ2) is 7.17. The molecule has 1 aromatic carbocycles. The van der Waals surface area contributed by atoms with E-state index in [-0.39, 0.29) is 6.29 Å². The van der Waals surface area contributed by atoms with Crippen molar-refractivity contribution in [3.63, 3.8) is 0 Å². The fourth-order valence-electron chi connectivity index (χ4n) is 2.03. The Balaban J connectivity index is 1.85. The van der Waals surface area contributed by atoms with Crippen LogP contribution in [0.5, 0.6) is 0 Å². The van der Waals surface area contributed by atoms with Crippen LogP contribution in [0.3, 0.4) is 0 Å². The zero-order chi connectivity index (χ0) is 13.7. The Morgan fingerprint density at radius 2 is 1.84 bits per heavy atom. The van der Waals surface area contributed by atoms with Crippen molar-refractivity contribution >= 4 is 10.8 Å². The Bertz CT molecular complexity index is 408. The summed E-state index contributed by atoms with van der Waals surface area (Å²) in [7, 11) is -0.967. The summed E-state index contributed by atoms with van der Waals surface area (Å²) in [5, 5.41) is 0. The molecule has 1 saturated heterocycles. The van der Waals surface area contributed by atoms with E-state index >= 15 is 0 Å². The average Bonchev–Trinajstić information content (AvgIpc) is 2.46. The number of ether oxygens (including phenoxy) is 2. The highest BCUT2D eigenvalue weighted by molar-refractivity contribution is 7.85. The normalized spacial score (nSPS) is 18.7. The van der Waals surface area contributed by atoms with E-state index in [1.54, 1.807) is 0 Å². The first kappa shape index (κ1) is 14.7. The molecule has 0 spiro atoms. The van der Waals surface area contributed by atoms with Gasteiger partial charge in [0.1, 0.15) is 0 Å². The fourth-order valence-corrected chi connectivity index (χ4v) is 3.11. The van der Waals surface area contributed by atoms with Gasteiger partial charge in [0, 0.05) is 17.1 Å². The molecular formula is C15H22O3S. The molecule has 0 amide bonds. The maximum atomic E-state index is 12.2. The van der Waals surface area contributed by atoms with Crippen LogP contribution in [-0.2, 0) is 20.3 Å². The minimum absolute atomic E-state index is 0.173. The smallest absolute Gasteiger partial charge is 0.158 e. The van der Waals surface area contributed by atoms with Crippen LogP contribution in [0, 0.1) is 0 Å². The predicted octanol–water partition coefficient (Wildman–Crippen LogP) is 3.07. The minimum Gasteiger partial charge on any atom is -0.353 e. The molecule has 19 heavy (non-hydrogen) atoms. The van der Waals surface area contributed by atoms with Crippen molar-refractivity contribution in [2.45, 2.75) is 43.8 Å². The molecule has 1 atom stereocenters. The van der Waals surface area contributed by atoms with Crippen molar-refractivity contribution < 1.29 is 13.7 Å². The Labute approximate surface area is 117 Å². The van der Waals surface area contributed by atoms with E-state index in [4.69, 9.17) is 9.47 Å². The van der Waals surface area contributed by atoms with E-state index in [0.717, 1.165) is 24.5 Å². The lowest BCUT2D eigenvalue weighted by atomic mass is 10.0. The third kappa shape index (κ3) is 4.41. The summed E-state index contributed by atoms with van der Waals surface area (Å²) in [6, 6.07) is 8.05. The van der Waals surface area contributed by atoms with E-state index in [9.17, 15) is 4.21 Å². The van der Waals surface area contributed by atoms with E-state index < -0.39 is 10.8 Å². The van der Waals surface area contributed by atoms with Gasteiger partial charge < -0.3 is 9.47 Å². The molecule has 1 aromatic rings. The topological polar surface area (TPSA) is 35.5 Å². The van der Waals surface area contributed by atoms with Crippen LogP contribution in [0.2, 0.25) is 0 Å². The molecule has 0 N–H and O–H groups in total. The van der Waals surface area contributed by atoms with Gasteiger partial charge in [-0.1, -0.05) is 26.0 Å². The van der Waals surface area contributed by atoms with Gasteiger partial charge in [-0.15, -0.1) is 0 Å². The predicted molar refractivity (Wildman–Crippen MR) is 76.7 cm³/mol. The number of hydrogen-bond acceptors (Lipinski definition) is 3. The average molecular weight is 282 g/mol. The monoisotopic (exact) mass is 282 g/mol. The maximum absolute atomic E-state index is 12.2. The van der Waals surface area contributed by atoms with E-state index in [0.29, 0.717) is 18.1 Å². The number of rotatable bonds is 5. The molecule has 0 saturated carbocycles. The molecule has 0 radical (unpaired) electrons. The third-order valence-corrected chi connectivity index (χ3v) is 4.65. The molecule has 1 aliphatic rings. The summed E-state index contributed by atoms with van der Waals surface area (Å²) in [5.74, 6) is 1.10. The van der Waals surface area contributed by atoms with Crippen LogP contribution in [0.15, 0.2) is 29.2 Å². The van der Waals surface area contributed by atoms with Crippen molar-refractivity contribution in [2.75, 3.05) is 19.0 Å².